The van der Waals surface area contributed by atoms with Gasteiger partial charge >= 0.3 is 0 Å². The van der Waals surface area contributed by atoms with Gasteiger partial charge in [-0.05, 0) is 12.1 Å². The predicted molar refractivity (Wildman–Crippen MR) is 60.0 cm³/mol. The standard InChI is InChI=1S/C12H14F2N2O/c13-9-1-2-10(11(14)7-9)12(17)8-16-5-3-15-4-6-16/h1-2,7,15H,3-6,8H2. The van der Waals surface area contributed by atoms with Gasteiger partial charge in [-0.1, -0.05) is 0 Å². The Labute approximate surface area is 98.4 Å². The summed E-state index contributed by atoms with van der Waals surface area (Å²) >= 11 is 0. The molecule has 1 saturated heterocycles. The fourth-order valence-corrected chi connectivity index (χ4v) is 1.87. The van der Waals surface area contributed by atoms with Crippen LogP contribution in [0.1, 0.15) is 10.4 Å². The largest absolute Gasteiger partial charge is 0.314 e. The van der Waals surface area contributed by atoms with E-state index < -0.39 is 11.6 Å². The first-order chi connectivity index (χ1) is 8.16. The SMILES string of the molecule is O=C(CN1CCNCC1)c1ccc(F)cc1F. The molecule has 0 amide bonds. The number of nitrogens with zero attached hydrogens (tertiary/aromatic N) is 1. The van der Waals surface area contributed by atoms with Crippen molar-refractivity contribution in [3.63, 3.8) is 0 Å². The number of ketones is 1. The second-order valence-corrected chi connectivity index (χ2v) is 4.07. The zero-order chi connectivity index (χ0) is 12.3. The van der Waals surface area contributed by atoms with Gasteiger partial charge in [0.2, 0.25) is 0 Å². The molecule has 1 heterocycles. The van der Waals surface area contributed by atoms with Crippen LogP contribution < -0.4 is 5.32 Å². The molecular formula is C12H14F2N2O. The topological polar surface area (TPSA) is 32.3 Å². The van der Waals surface area contributed by atoms with Crippen molar-refractivity contribution in [1.29, 1.82) is 0 Å². The second kappa shape index (κ2) is 5.33. The van der Waals surface area contributed by atoms with Crippen LogP contribution in [0.3, 0.4) is 0 Å². The number of piperazine rings is 1. The van der Waals surface area contributed by atoms with Crippen molar-refractivity contribution in [2.45, 2.75) is 0 Å². The lowest BCUT2D eigenvalue weighted by Crippen LogP contribution is -2.45. The molecule has 1 aromatic rings. The molecule has 2 rings (SSSR count). The van der Waals surface area contributed by atoms with Gasteiger partial charge in [0.15, 0.2) is 5.78 Å². The number of halogens is 2. The lowest BCUT2D eigenvalue weighted by Gasteiger charge is -2.26. The molecule has 92 valence electrons. The number of benzene rings is 1. The predicted octanol–water partition coefficient (Wildman–Crippen LogP) is 1.05. The number of hydrogen-bond acceptors (Lipinski definition) is 3. The van der Waals surface area contributed by atoms with Crippen molar-refractivity contribution in [2.24, 2.45) is 0 Å². The third kappa shape index (κ3) is 3.08. The molecule has 1 aliphatic rings. The molecular weight excluding hydrogens is 226 g/mol. The van der Waals surface area contributed by atoms with Crippen molar-refractivity contribution >= 4 is 5.78 Å². The van der Waals surface area contributed by atoms with E-state index in [1.807, 2.05) is 4.90 Å². The lowest BCUT2D eigenvalue weighted by atomic mass is 10.1. The van der Waals surface area contributed by atoms with Gasteiger partial charge in [0, 0.05) is 32.2 Å². The number of nitrogens with one attached hydrogen (secondary N) is 1. The zero-order valence-corrected chi connectivity index (χ0v) is 9.38. The molecule has 5 heteroatoms. The Morgan fingerprint density at radius 3 is 2.65 bits per heavy atom. The van der Waals surface area contributed by atoms with E-state index in [1.54, 1.807) is 0 Å². The quantitative estimate of drug-likeness (QED) is 0.802. The summed E-state index contributed by atoms with van der Waals surface area (Å²) in [6.07, 6.45) is 0. The fourth-order valence-electron chi connectivity index (χ4n) is 1.87. The molecule has 1 aliphatic heterocycles. The van der Waals surface area contributed by atoms with E-state index in [4.69, 9.17) is 0 Å². The van der Waals surface area contributed by atoms with Gasteiger partial charge in [-0.2, -0.15) is 0 Å². The van der Waals surface area contributed by atoms with Crippen molar-refractivity contribution < 1.29 is 13.6 Å². The van der Waals surface area contributed by atoms with Crippen LogP contribution in [0.2, 0.25) is 0 Å². The van der Waals surface area contributed by atoms with E-state index >= 15 is 0 Å². The Morgan fingerprint density at radius 2 is 2.00 bits per heavy atom. The summed E-state index contributed by atoms with van der Waals surface area (Å²) in [5.74, 6) is -1.75. The Morgan fingerprint density at radius 1 is 1.29 bits per heavy atom. The lowest BCUT2D eigenvalue weighted by molar-refractivity contribution is 0.0917. The molecule has 1 N–H and O–H groups in total. The maximum Gasteiger partial charge on any atom is 0.179 e. The average Bonchev–Trinajstić information content (AvgIpc) is 2.30. The second-order valence-electron chi connectivity index (χ2n) is 4.07. The highest BCUT2D eigenvalue weighted by atomic mass is 19.1. The molecule has 0 radical (unpaired) electrons. The highest BCUT2D eigenvalue weighted by Gasteiger charge is 2.17. The van der Waals surface area contributed by atoms with E-state index in [9.17, 15) is 13.6 Å². The molecule has 3 nitrogen and oxygen atoms in total. The van der Waals surface area contributed by atoms with Crippen molar-refractivity contribution in [3.8, 4) is 0 Å². The van der Waals surface area contributed by atoms with Crippen LogP contribution in [0.4, 0.5) is 8.78 Å². The minimum absolute atomic E-state index is 0.0371. The van der Waals surface area contributed by atoms with E-state index in [-0.39, 0.29) is 17.9 Å². The van der Waals surface area contributed by atoms with Crippen LogP contribution in [0.5, 0.6) is 0 Å². The summed E-state index contributed by atoms with van der Waals surface area (Å²) in [5.41, 5.74) is -0.0371. The summed E-state index contributed by atoms with van der Waals surface area (Å²) in [5, 5.41) is 3.17. The minimum atomic E-state index is -0.787. The summed E-state index contributed by atoms with van der Waals surface area (Å²) in [6.45, 7) is 3.39. The monoisotopic (exact) mass is 240 g/mol. The molecule has 0 aromatic heterocycles. The highest BCUT2D eigenvalue weighted by molar-refractivity contribution is 5.97. The Bertz CT molecular complexity index is 417. The van der Waals surface area contributed by atoms with Crippen molar-refractivity contribution in [1.82, 2.24) is 10.2 Å². The smallest absolute Gasteiger partial charge is 0.179 e. The average molecular weight is 240 g/mol. The highest BCUT2D eigenvalue weighted by Crippen LogP contribution is 2.11. The van der Waals surface area contributed by atoms with E-state index in [0.717, 1.165) is 38.3 Å². The number of hydrogen-bond donors (Lipinski definition) is 1. The molecule has 0 bridgehead atoms. The molecule has 0 aliphatic carbocycles. The van der Waals surface area contributed by atoms with Crippen LogP contribution >= 0.6 is 0 Å². The van der Waals surface area contributed by atoms with Gasteiger partial charge in [0.05, 0.1) is 12.1 Å². The van der Waals surface area contributed by atoms with Crippen LogP contribution in [-0.2, 0) is 0 Å². The summed E-state index contributed by atoms with van der Waals surface area (Å²) in [7, 11) is 0. The Balaban J connectivity index is 2.03. The number of Topliss-reactive ketones (excluding diaryl/α,β-unsaturated/α-hetero) is 1. The van der Waals surface area contributed by atoms with Crippen LogP contribution in [0, 0.1) is 11.6 Å². The number of carbonyl (C=O) groups excluding carboxylic acids is 1. The van der Waals surface area contributed by atoms with Crippen molar-refractivity contribution in [2.75, 3.05) is 32.7 Å². The first-order valence-electron chi connectivity index (χ1n) is 5.58. The molecule has 1 aromatic carbocycles. The normalized spacial score (nSPS) is 17.1. The molecule has 17 heavy (non-hydrogen) atoms. The summed E-state index contributed by atoms with van der Waals surface area (Å²) in [6, 6.07) is 3.05. The van der Waals surface area contributed by atoms with Crippen LogP contribution in [0.15, 0.2) is 18.2 Å². The van der Waals surface area contributed by atoms with Gasteiger partial charge in [-0.15, -0.1) is 0 Å². The first-order valence-corrected chi connectivity index (χ1v) is 5.58. The maximum absolute atomic E-state index is 13.4. The third-order valence-corrected chi connectivity index (χ3v) is 2.81. The van der Waals surface area contributed by atoms with Gasteiger partial charge in [-0.25, -0.2) is 8.78 Å². The van der Waals surface area contributed by atoms with Gasteiger partial charge in [0.1, 0.15) is 11.6 Å². The fraction of sp³-hybridized carbons (Fsp3) is 0.417. The Hall–Kier alpha value is -1.33. The van der Waals surface area contributed by atoms with Gasteiger partial charge < -0.3 is 5.32 Å². The Kier molecular flexibility index (Phi) is 3.81. The molecule has 0 saturated carbocycles. The van der Waals surface area contributed by atoms with Gasteiger partial charge in [0.25, 0.3) is 0 Å². The van der Waals surface area contributed by atoms with E-state index in [1.165, 1.54) is 6.07 Å². The summed E-state index contributed by atoms with van der Waals surface area (Å²) in [4.78, 5) is 13.8. The zero-order valence-electron chi connectivity index (χ0n) is 9.38. The molecule has 0 spiro atoms. The van der Waals surface area contributed by atoms with Crippen molar-refractivity contribution in [3.05, 3.63) is 35.4 Å². The molecule has 1 fully saturated rings. The number of carbonyl (C=O) groups is 1. The minimum Gasteiger partial charge on any atom is -0.314 e. The molecule has 0 atom stereocenters. The number of rotatable bonds is 3. The first kappa shape index (κ1) is 12.1. The van der Waals surface area contributed by atoms with E-state index in [0.29, 0.717) is 0 Å². The van der Waals surface area contributed by atoms with Crippen LogP contribution in [-0.4, -0.2) is 43.4 Å². The maximum atomic E-state index is 13.4. The third-order valence-electron chi connectivity index (χ3n) is 2.81. The molecule has 0 unspecified atom stereocenters. The van der Waals surface area contributed by atoms with E-state index in [2.05, 4.69) is 5.32 Å². The van der Waals surface area contributed by atoms with Gasteiger partial charge in [-0.3, -0.25) is 9.69 Å². The van der Waals surface area contributed by atoms with Crippen LogP contribution in [0.25, 0.3) is 0 Å². The summed E-state index contributed by atoms with van der Waals surface area (Å²) < 4.78 is 26.1.